The number of rotatable bonds is 5. The first kappa shape index (κ1) is 17.9. The molecular weight excluding hydrogens is 333 g/mol. The first-order chi connectivity index (χ1) is 11.4. The Morgan fingerprint density at radius 1 is 1.25 bits per heavy atom. The molecule has 0 saturated carbocycles. The Morgan fingerprint density at radius 3 is 2.58 bits per heavy atom. The first-order valence-corrected chi connectivity index (χ1v) is 8.63. The molecular formula is C17H16FNO4S. The van der Waals surface area contributed by atoms with Gasteiger partial charge in [-0.25, -0.2) is 12.8 Å². The van der Waals surface area contributed by atoms with E-state index >= 15 is 0 Å². The smallest absolute Gasteiger partial charge is 0.180 e. The molecule has 1 unspecified atom stereocenters. The largest absolute Gasteiger partial charge is 0.497 e. The van der Waals surface area contributed by atoms with Crippen LogP contribution in [-0.2, 0) is 9.84 Å². The van der Waals surface area contributed by atoms with Crippen molar-refractivity contribution in [3.63, 3.8) is 0 Å². The lowest BCUT2D eigenvalue weighted by Gasteiger charge is -2.09. The summed E-state index contributed by atoms with van der Waals surface area (Å²) >= 11 is 0. The highest BCUT2D eigenvalue weighted by atomic mass is 32.2. The van der Waals surface area contributed by atoms with Crippen LogP contribution in [0.2, 0.25) is 0 Å². The molecule has 0 bridgehead atoms. The van der Waals surface area contributed by atoms with E-state index in [0.717, 1.165) is 12.1 Å². The van der Waals surface area contributed by atoms with Crippen molar-refractivity contribution in [3.8, 4) is 17.6 Å². The van der Waals surface area contributed by atoms with Crippen LogP contribution in [0.3, 0.4) is 0 Å². The summed E-state index contributed by atoms with van der Waals surface area (Å²) in [5.74, 6) is 5.07. The summed E-state index contributed by atoms with van der Waals surface area (Å²) in [6, 6.07) is 10.4. The van der Waals surface area contributed by atoms with Gasteiger partial charge >= 0.3 is 0 Å². The van der Waals surface area contributed by atoms with E-state index in [1.807, 2.05) is 5.48 Å². The molecule has 5 nitrogen and oxygen atoms in total. The molecule has 0 radical (unpaired) electrons. The molecule has 0 aliphatic carbocycles. The third-order valence-corrected chi connectivity index (χ3v) is 4.94. The minimum atomic E-state index is -3.72. The molecule has 0 amide bonds. The van der Waals surface area contributed by atoms with Crippen molar-refractivity contribution in [2.24, 2.45) is 0 Å². The van der Waals surface area contributed by atoms with E-state index in [9.17, 15) is 12.8 Å². The Hall–Kier alpha value is -2.40. The summed E-state index contributed by atoms with van der Waals surface area (Å²) in [7, 11) is -2.19. The van der Waals surface area contributed by atoms with E-state index < -0.39 is 27.4 Å². The van der Waals surface area contributed by atoms with E-state index in [-0.39, 0.29) is 4.90 Å². The Morgan fingerprint density at radius 2 is 1.96 bits per heavy atom. The van der Waals surface area contributed by atoms with Crippen molar-refractivity contribution >= 4 is 9.84 Å². The summed E-state index contributed by atoms with van der Waals surface area (Å²) in [4.78, 5) is -0.0349. The molecule has 0 fully saturated rings. The number of benzene rings is 2. The molecule has 0 spiro atoms. The number of hydroxylamine groups is 1. The van der Waals surface area contributed by atoms with Crippen LogP contribution in [0.4, 0.5) is 4.39 Å². The van der Waals surface area contributed by atoms with Crippen molar-refractivity contribution in [1.82, 2.24) is 5.48 Å². The molecule has 7 heteroatoms. The number of sulfone groups is 1. The van der Waals surface area contributed by atoms with E-state index in [2.05, 4.69) is 11.8 Å². The Balaban J connectivity index is 2.17. The molecule has 0 aromatic heterocycles. The van der Waals surface area contributed by atoms with Gasteiger partial charge in [-0.15, -0.1) is 0 Å². The van der Waals surface area contributed by atoms with Crippen LogP contribution >= 0.6 is 0 Å². The Kier molecular flexibility index (Phi) is 5.93. The molecule has 0 aliphatic rings. The maximum absolute atomic E-state index is 12.9. The fraction of sp³-hybridized carbons (Fsp3) is 0.176. The fourth-order valence-corrected chi connectivity index (χ4v) is 3.28. The van der Waals surface area contributed by atoms with Gasteiger partial charge in [-0.3, -0.25) is 0 Å². The van der Waals surface area contributed by atoms with Crippen LogP contribution < -0.4 is 10.2 Å². The lowest BCUT2D eigenvalue weighted by molar-refractivity contribution is 0.153. The molecule has 2 N–H and O–H groups in total. The molecule has 2 aromatic rings. The standard InChI is InChI=1S/C17H16FNO4S/c1-23-16-4-2-3-13(11-16)5-8-15(19-20)12-24(21,22)17-9-6-14(18)7-10-17/h2-4,6-7,9-11,15,19-20H,12H2,1H3. The third-order valence-electron chi connectivity index (χ3n) is 3.18. The fourth-order valence-electron chi connectivity index (χ4n) is 1.94. The monoisotopic (exact) mass is 349 g/mol. The summed E-state index contributed by atoms with van der Waals surface area (Å²) in [6.07, 6.45) is 0. The molecule has 0 heterocycles. The molecule has 126 valence electrons. The predicted octanol–water partition coefficient (Wildman–Crippen LogP) is 2.01. The second kappa shape index (κ2) is 7.93. The third kappa shape index (κ3) is 4.80. The number of methoxy groups -OCH3 is 1. The average molecular weight is 349 g/mol. The normalized spacial score (nSPS) is 12.1. The van der Waals surface area contributed by atoms with Gasteiger partial charge in [0.05, 0.1) is 17.8 Å². The number of nitrogens with one attached hydrogen (secondary N) is 1. The van der Waals surface area contributed by atoms with E-state index in [1.165, 1.54) is 19.2 Å². The maximum atomic E-state index is 12.9. The van der Waals surface area contributed by atoms with Crippen LogP contribution in [0.1, 0.15) is 5.56 Å². The zero-order valence-electron chi connectivity index (χ0n) is 12.9. The topological polar surface area (TPSA) is 75.6 Å². The SMILES string of the molecule is COc1cccc(C#CC(CS(=O)(=O)c2ccc(F)cc2)NO)c1. The highest BCUT2D eigenvalue weighted by molar-refractivity contribution is 7.91. The van der Waals surface area contributed by atoms with Crippen molar-refractivity contribution in [1.29, 1.82) is 0 Å². The highest BCUT2D eigenvalue weighted by Gasteiger charge is 2.19. The van der Waals surface area contributed by atoms with E-state index in [0.29, 0.717) is 11.3 Å². The summed E-state index contributed by atoms with van der Waals surface area (Å²) in [6.45, 7) is 0. The maximum Gasteiger partial charge on any atom is 0.180 e. The summed E-state index contributed by atoms with van der Waals surface area (Å²) in [5, 5.41) is 9.16. The number of halogens is 1. The van der Waals surface area contributed by atoms with Crippen LogP contribution in [0.15, 0.2) is 53.4 Å². The number of hydrogen-bond acceptors (Lipinski definition) is 5. The average Bonchev–Trinajstić information content (AvgIpc) is 2.59. The minimum absolute atomic E-state index is 0.0349. The van der Waals surface area contributed by atoms with Crippen LogP contribution in [0.5, 0.6) is 5.75 Å². The molecule has 0 saturated heterocycles. The quantitative estimate of drug-likeness (QED) is 0.491. The molecule has 2 rings (SSSR count). The van der Waals surface area contributed by atoms with Gasteiger partial charge in [0.25, 0.3) is 0 Å². The van der Waals surface area contributed by atoms with Gasteiger partial charge in [0, 0.05) is 5.56 Å². The van der Waals surface area contributed by atoms with Gasteiger partial charge < -0.3 is 9.94 Å². The van der Waals surface area contributed by atoms with Crippen LogP contribution in [0, 0.1) is 17.7 Å². The Bertz CT molecular complexity index is 854. The summed E-state index contributed by atoms with van der Waals surface area (Å²) < 4.78 is 42.5. The highest BCUT2D eigenvalue weighted by Crippen LogP contribution is 2.14. The number of hydrogen-bond donors (Lipinski definition) is 2. The Labute approximate surface area is 140 Å². The van der Waals surface area contributed by atoms with Gasteiger partial charge in [-0.2, -0.15) is 5.48 Å². The van der Waals surface area contributed by atoms with E-state index in [4.69, 9.17) is 9.94 Å². The van der Waals surface area contributed by atoms with Crippen molar-refractivity contribution in [2.75, 3.05) is 12.9 Å². The predicted molar refractivity (Wildman–Crippen MR) is 87.0 cm³/mol. The summed E-state index contributed by atoms with van der Waals surface area (Å²) in [5.41, 5.74) is 2.50. The number of ether oxygens (including phenoxy) is 1. The van der Waals surface area contributed by atoms with Crippen LogP contribution in [-0.4, -0.2) is 32.5 Å². The van der Waals surface area contributed by atoms with Crippen molar-refractivity contribution in [3.05, 3.63) is 59.9 Å². The van der Waals surface area contributed by atoms with Crippen molar-refractivity contribution < 1.29 is 22.8 Å². The molecule has 1 atom stereocenters. The molecule has 2 aromatic carbocycles. The van der Waals surface area contributed by atoms with Gasteiger partial charge in [-0.05, 0) is 42.5 Å². The zero-order valence-corrected chi connectivity index (χ0v) is 13.7. The van der Waals surface area contributed by atoms with Gasteiger partial charge in [0.1, 0.15) is 17.6 Å². The van der Waals surface area contributed by atoms with Gasteiger partial charge in [0.15, 0.2) is 9.84 Å². The van der Waals surface area contributed by atoms with Gasteiger partial charge in [-0.1, -0.05) is 17.9 Å². The minimum Gasteiger partial charge on any atom is -0.497 e. The van der Waals surface area contributed by atoms with Crippen molar-refractivity contribution in [2.45, 2.75) is 10.9 Å². The van der Waals surface area contributed by atoms with Gasteiger partial charge in [0.2, 0.25) is 0 Å². The van der Waals surface area contributed by atoms with E-state index in [1.54, 1.807) is 24.3 Å². The lowest BCUT2D eigenvalue weighted by Crippen LogP contribution is -2.32. The molecule has 0 aliphatic heterocycles. The second-order valence-electron chi connectivity index (χ2n) is 4.92. The molecule has 24 heavy (non-hydrogen) atoms. The first-order valence-electron chi connectivity index (χ1n) is 6.98. The second-order valence-corrected chi connectivity index (χ2v) is 6.95. The lowest BCUT2D eigenvalue weighted by atomic mass is 10.2. The zero-order chi connectivity index (χ0) is 17.6. The van der Waals surface area contributed by atoms with Crippen LogP contribution in [0.25, 0.3) is 0 Å².